The number of guanidine groups is 1. The predicted octanol–water partition coefficient (Wildman–Crippen LogP) is 1.73. The molecule has 8 heteroatoms. The van der Waals surface area contributed by atoms with Crippen LogP contribution >= 0.6 is 0 Å². The van der Waals surface area contributed by atoms with Crippen LogP contribution in [0.15, 0.2) is 53.5 Å². The van der Waals surface area contributed by atoms with Gasteiger partial charge in [0.1, 0.15) is 11.9 Å². The summed E-state index contributed by atoms with van der Waals surface area (Å²) in [5.74, 6) is 0.637. The number of carbonyl (C=O) groups is 2. The van der Waals surface area contributed by atoms with Gasteiger partial charge in [-0.05, 0) is 50.1 Å². The number of aryl methyl sites for hydroxylation is 1. The Morgan fingerprint density at radius 2 is 1.77 bits per heavy atom. The van der Waals surface area contributed by atoms with E-state index in [1.807, 2.05) is 57.2 Å². The molecule has 5 N–H and O–H groups in total. The van der Waals surface area contributed by atoms with E-state index in [-0.39, 0.29) is 18.6 Å². The summed E-state index contributed by atoms with van der Waals surface area (Å²) >= 11 is 0. The van der Waals surface area contributed by atoms with Gasteiger partial charge in [-0.25, -0.2) is 4.99 Å². The molecule has 0 bridgehead atoms. The van der Waals surface area contributed by atoms with Crippen LogP contribution in [0.25, 0.3) is 0 Å². The Hall–Kier alpha value is -3.55. The molecule has 1 unspecified atom stereocenters. The molecule has 166 valence electrons. The molecule has 2 amide bonds. The summed E-state index contributed by atoms with van der Waals surface area (Å²) in [6.45, 7) is 7.62. The summed E-state index contributed by atoms with van der Waals surface area (Å²) in [6, 6.07) is 15.0. The van der Waals surface area contributed by atoms with Gasteiger partial charge in [-0.15, -0.1) is 0 Å². The standard InChI is InChI=1S/C23H31N5O3/c1-4-25-23(27-13-17(3)31-20-8-6-5-7-16(20)2)28-14-18-9-11-19(12-10-18)22(30)26-15-21(24)29/h5-12,17H,4,13-15H2,1-3H3,(H2,24,29)(H,26,30)(H2,25,27,28). The Kier molecular flexibility index (Phi) is 9.35. The summed E-state index contributed by atoms with van der Waals surface area (Å²) in [6.07, 6.45) is -0.0387. The number of hydrogen-bond acceptors (Lipinski definition) is 4. The molecule has 0 fully saturated rings. The van der Waals surface area contributed by atoms with Gasteiger partial charge in [0, 0.05) is 12.1 Å². The average molecular weight is 426 g/mol. The maximum absolute atomic E-state index is 11.9. The van der Waals surface area contributed by atoms with Crippen molar-refractivity contribution in [2.45, 2.75) is 33.4 Å². The largest absolute Gasteiger partial charge is 0.489 e. The quantitative estimate of drug-likeness (QED) is 0.342. The summed E-state index contributed by atoms with van der Waals surface area (Å²) in [7, 11) is 0. The van der Waals surface area contributed by atoms with Gasteiger partial charge in [-0.3, -0.25) is 9.59 Å². The van der Waals surface area contributed by atoms with E-state index in [1.165, 1.54) is 0 Å². The maximum atomic E-state index is 11.9. The number of nitrogens with zero attached hydrogens (tertiary/aromatic N) is 1. The van der Waals surface area contributed by atoms with Crippen LogP contribution in [0, 0.1) is 6.92 Å². The van der Waals surface area contributed by atoms with Crippen molar-refractivity contribution in [2.75, 3.05) is 19.6 Å². The van der Waals surface area contributed by atoms with Gasteiger partial charge in [0.05, 0.1) is 19.6 Å². The molecule has 0 spiro atoms. The second-order valence-electron chi connectivity index (χ2n) is 7.12. The van der Waals surface area contributed by atoms with Crippen LogP contribution in [-0.2, 0) is 11.3 Å². The van der Waals surface area contributed by atoms with E-state index >= 15 is 0 Å². The van der Waals surface area contributed by atoms with E-state index in [0.717, 1.165) is 23.4 Å². The van der Waals surface area contributed by atoms with Gasteiger partial charge in [0.15, 0.2) is 5.96 Å². The lowest BCUT2D eigenvalue weighted by Gasteiger charge is -2.18. The van der Waals surface area contributed by atoms with Gasteiger partial charge in [-0.2, -0.15) is 0 Å². The maximum Gasteiger partial charge on any atom is 0.251 e. The highest BCUT2D eigenvalue weighted by Crippen LogP contribution is 2.17. The molecule has 0 aliphatic rings. The predicted molar refractivity (Wildman–Crippen MR) is 122 cm³/mol. The molecule has 0 aromatic heterocycles. The lowest BCUT2D eigenvalue weighted by Crippen LogP contribution is -2.41. The third kappa shape index (κ3) is 8.38. The number of rotatable bonds is 10. The second-order valence-corrected chi connectivity index (χ2v) is 7.12. The lowest BCUT2D eigenvalue weighted by molar-refractivity contribution is -0.117. The van der Waals surface area contributed by atoms with E-state index in [1.54, 1.807) is 12.1 Å². The zero-order chi connectivity index (χ0) is 22.6. The van der Waals surface area contributed by atoms with Crippen molar-refractivity contribution in [2.24, 2.45) is 10.7 Å². The van der Waals surface area contributed by atoms with Crippen LogP contribution in [-0.4, -0.2) is 43.5 Å². The van der Waals surface area contributed by atoms with Crippen molar-refractivity contribution < 1.29 is 14.3 Å². The Bertz CT molecular complexity index is 896. The van der Waals surface area contributed by atoms with Crippen molar-refractivity contribution >= 4 is 17.8 Å². The van der Waals surface area contributed by atoms with E-state index in [2.05, 4.69) is 20.9 Å². The smallest absolute Gasteiger partial charge is 0.251 e. The zero-order valence-corrected chi connectivity index (χ0v) is 18.3. The molecule has 31 heavy (non-hydrogen) atoms. The third-order valence-corrected chi connectivity index (χ3v) is 4.38. The summed E-state index contributed by atoms with van der Waals surface area (Å²) in [4.78, 5) is 27.3. The summed E-state index contributed by atoms with van der Waals surface area (Å²) in [5, 5.41) is 8.97. The minimum atomic E-state index is -0.582. The Morgan fingerprint density at radius 1 is 1.06 bits per heavy atom. The van der Waals surface area contributed by atoms with E-state index in [9.17, 15) is 9.59 Å². The SMILES string of the molecule is CCNC(=NCc1ccc(C(=O)NCC(N)=O)cc1)NCC(C)Oc1ccccc1C. The van der Waals surface area contributed by atoms with E-state index in [0.29, 0.717) is 24.6 Å². The fraction of sp³-hybridized carbons (Fsp3) is 0.348. The minimum absolute atomic E-state index is 0.0387. The first-order valence-corrected chi connectivity index (χ1v) is 10.3. The van der Waals surface area contributed by atoms with Crippen LogP contribution in [0.5, 0.6) is 5.75 Å². The topological polar surface area (TPSA) is 118 Å². The van der Waals surface area contributed by atoms with Crippen LogP contribution in [0.4, 0.5) is 0 Å². The monoisotopic (exact) mass is 425 g/mol. The van der Waals surface area contributed by atoms with E-state index < -0.39 is 5.91 Å². The Labute approximate surface area is 183 Å². The number of ether oxygens (including phenoxy) is 1. The van der Waals surface area contributed by atoms with Crippen LogP contribution in [0.1, 0.15) is 35.3 Å². The van der Waals surface area contributed by atoms with Gasteiger partial charge in [0.2, 0.25) is 5.91 Å². The number of aliphatic imine (C=N–C) groups is 1. The number of primary amides is 1. The molecule has 0 saturated carbocycles. The first-order chi connectivity index (χ1) is 14.9. The summed E-state index contributed by atoms with van der Waals surface area (Å²) in [5.41, 5.74) is 7.55. The van der Waals surface area contributed by atoms with Gasteiger partial charge in [0.25, 0.3) is 5.91 Å². The molecule has 8 nitrogen and oxygen atoms in total. The molecule has 0 aliphatic heterocycles. The summed E-state index contributed by atoms with van der Waals surface area (Å²) < 4.78 is 5.99. The van der Waals surface area contributed by atoms with Crippen molar-refractivity contribution in [1.82, 2.24) is 16.0 Å². The fourth-order valence-corrected chi connectivity index (χ4v) is 2.73. The van der Waals surface area contributed by atoms with E-state index in [4.69, 9.17) is 10.5 Å². The molecule has 2 aromatic carbocycles. The number of para-hydroxylation sites is 1. The average Bonchev–Trinajstić information content (AvgIpc) is 2.76. The lowest BCUT2D eigenvalue weighted by atomic mass is 10.1. The van der Waals surface area contributed by atoms with Crippen molar-refractivity contribution in [3.63, 3.8) is 0 Å². The first-order valence-electron chi connectivity index (χ1n) is 10.3. The molecular formula is C23H31N5O3. The molecule has 0 radical (unpaired) electrons. The number of nitrogens with two attached hydrogens (primary N) is 1. The number of nitrogens with one attached hydrogen (secondary N) is 3. The van der Waals surface area contributed by atoms with Gasteiger partial charge < -0.3 is 26.4 Å². The highest BCUT2D eigenvalue weighted by atomic mass is 16.5. The second kappa shape index (κ2) is 12.2. The number of amides is 2. The Morgan fingerprint density at radius 3 is 2.42 bits per heavy atom. The highest BCUT2D eigenvalue weighted by Gasteiger charge is 2.08. The normalized spacial score (nSPS) is 12.0. The number of benzene rings is 2. The van der Waals surface area contributed by atoms with Crippen molar-refractivity contribution in [1.29, 1.82) is 0 Å². The van der Waals surface area contributed by atoms with Crippen LogP contribution in [0.3, 0.4) is 0 Å². The Balaban J connectivity index is 1.89. The molecular weight excluding hydrogens is 394 g/mol. The molecule has 0 heterocycles. The van der Waals surface area contributed by atoms with Gasteiger partial charge >= 0.3 is 0 Å². The van der Waals surface area contributed by atoms with Crippen molar-refractivity contribution in [3.05, 3.63) is 65.2 Å². The molecule has 0 saturated heterocycles. The third-order valence-electron chi connectivity index (χ3n) is 4.38. The van der Waals surface area contributed by atoms with Gasteiger partial charge in [-0.1, -0.05) is 30.3 Å². The molecule has 2 rings (SSSR count). The molecule has 2 aromatic rings. The first kappa shape index (κ1) is 23.7. The molecule has 1 atom stereocenters. The highest BCUT2D eigenvalue weighted by molar-refractivity contribution is 5.96. The fourth-order valence-electron chi connectivity index (χ4n) is 2.73. The van der Waals surface area contributed by atoms with Crippen LogP contribution in [0.2, 0.25) is 0 Å². The number of carbonyl (C=O) groups excluding carboxylic acids is 2. The van der Waals surface area contributed by atoms with Crippen molar-refractivity contribution in [3.8, 4) is 5.75 Å². The zero-order valence-electron chi connectivity index (χ0n) is 18.3. The minimum Gasteiger partial charge on any atom is -0.489 e. The molecule has 0 aliphatic carbocycles. The number of hydrogen-bond donors (Lipinski definition) is 4. The van der Waals surface area contributed by atoms with Crippen LogP contribution < -0.4 is 26.4 Å².